The predicted octanol–water partition coefficient (Wildman–Crippen LogP) is 2.83. The lowest BCUT2D eigenvalue weighted by molar-refractivity contribution is 0.601. The average molecular weight is 383 g/mol. The van der Waals surface area contributed by atoms with Crippen molar-refractivity contribution in [2.45, 2.75) is 11.4 Å². The number of nitrogens with one attached hydrogen (secondary N) is 2. The summed E-state index contributed by atoms with van der Waals surface area (Å²) >= 11 is 8.90. The zero-order chi connectivity index (χ0) is 14.9. The molecule has 1 heterocycles. The summed E-state index contributed by atoms with van der Waals surface area (Å²) in [6.45, 7) is 0.191. The van der Waals surface area contributed by atoms with Gasteiger partial charge in [0, 0.05) is 22.9 Å². The first-order valence-corrected chi connectivity index (χ1v) is 8.03. The van der Waals surface area contributed by atoms with Crippen LogP contribution in [0, 0.1) is 5.82 Å². The third kappa shape index (κ3) is 3.14. The Kier molecular flexibility index (Phi) is 4.38. The highest BCUT2D eigenvalue weighted by atomic mass is 79.9. The summed E-state index contributed by atoms with van der Waals surface area (Å²) in [5.41, 5.74) is 6.06. The number of H-pyrrole nitrogens is 1. The predicted molar refractivity (Wildman–Crippen MR) is 78.6 cm³/mol. The van der Waals surface area contributed by atoms with Gasteiger partial charge in [0.2, 0.25) is 0 Å². The summed E-state index contributed by atoms with van der Waals surface area (Å²) < 4.78 is 40.0. The van der Waals surface area contributed by atoms with Gasteiger partial charge in [-0.2, -0.15) is 0 Å². The number of benzene rings is 1. The Bertz CT molecular complexity index is 725. The van der Waals surface area contributed by atoms with Gasteiger partial charge >= 0.3 is 0 Å². The molecule has 0 bridgehead atoms. The van der Waals surface area contributed by atoms with Crippen molar-refractivity contribution in [2.75, 3.05) is 4.72 Å². The number of hydrogen-bond acceptors (Lipinski definition) is 3. The molecule has 9 heteroatoms. The number of rotatable bonds is 4. The highest BCUT2D eigenvalue weighted by molar-refractivity contribution is 9.10. The molecule has 0 aliphatic rings. The maximum absolute atomic E-state index is 13.1. The van der Waals surface area contributed by atoms with Crippen LogP contribution in [-0.2, 0) is 16.6 Å². The minimum absolute atomic E-state index is 0.0187. The standard InChI is InChI=1S/C11H10BrClFN3O2S/c12-9-1-6(14)2-10(13)11(9)17-20(18,19)8-3-7(4-15)16-5-8/h1-3,5,16-17H,4,15H2. The van der Waals surface area contributed by atoms with Gasteiger partial charge in [-0.15, -0.1) is 0 Å². The first-order chi connectivity index (χ1) is 9.33. The van der Waals surface area contributed by atoms with Crippen molar-refractivity contribution < 1.29 is 12.8 Å². The van der Waals surface area contributed by atoms with Crippen LogP contribution in [0.2, 0.25) is 5.02 Å². The molecule has 0 fully saturated rings. The van der Waals surface area contributed by atoms with Crippen molar-refractivity contribution in [3.63, 3.8) is 0 Å². The third-order valence-corrected chi connectivity index (χ3v) is 4.74. The minimum Gasteiger partial charge on any atom is -0.363 e. The Hall–Kier alpha value is -1.09. The van der Waals surface area contributed by atoms with E-state index in [2.05, 4.69) is 25.6 Å². The summed E-state index contributed by atoms with van der Waals surface area (Å²) in [6, 6.07) is 3.55. The zero-order valence-electron chi connectivity index (χ0n) is 9.95. The second kappa shape index (κ2) is 5.72. The monoisotopic (exact) mass is 381 g/mol. The fraction of sp³-hybridized carbons (Fsp3) is 0.0909. The first-order valence-electron chi connectivity index (χ1n) is 5.38. The van der Waals surface area contributed by atoms with Gasteiger partial charge in [0.15, 0.2) is 0 Å². The smallest absolute Gasteiger partial charge is 0.263 e. The van der Waals surface area contributed by atoms with Crippen LogP contribution in [0.25, 0.3) is 0 Å². The van der Waals surface area contributed by atoms with Crippen molar-refractivity contribution in [3.05, 3.63) is 45.4 Å². The lowest BCUT2D eigenvalue weighted by Gasteiger charge is -2.10. The van der Waals surface area contributed by atoms with Crippen LogP contribution >= 0.6 is 27.5 Å². The molecule has 2 aromatic rings. The maximum Gasteiger partial charge on any atom is 0.263 e. The van der Waals surface area contributed by atoms with E-state index in [9.17, 15) is 12.8 Å². The number of aromatic nitrogens is 1. The Balaban J connectivity index is 2.38. The van der Waals surface area contributed by atoms with Crippen molar-refractivity contribution in [3.8, 4) is 0 Å². The van der Waals surface area contributed by atoms with E-state index in [1.165, 1.54) is 12.3 Å². The van der Waals surface area contributed by atoms with E-state index in [0.717, 1.165) is 12.1 Å². The summed E-state index contributed by atoms with van der Waals surface area (Å²) in [6.07, 6.45) is 1.32. The molecule has 5 nitrogen and oxygen atoms in total. The van der Waals surface area contributed by atoms with Gasteiger partial charge in [-0.25, -0.2) is 12.8 Å². The molecule has 108 valence electrons. The topological polar surface area (TPSA) is 88.0 Å². The Labute approximate surface area is 128 Å². The van der Waals surface area contributed by atoms with E-state index >= 15 is 0 Å². The van der Waals surface area contributed by atoms with Gasteiger partial charge < -0.3 is 10.7 Å². The number of halogens is 3. The van der Waals surface area contributed by atoms with E-state index in [1.807, 2.05) is 0 Å². The van der Waals surface area contributed by atoms with Crippen LogP contribution in [0.5, 0.6) is 0 Å². The van der Waals surface area contributed by atoms with E-state index in [-0.39, 0.29) is 26.6 Å². The summed E-state index contributed by atoms with van der Waals surface area (Å²) in [5, 5.41) is -0.0463. The summed E-state index contributed by atoms with van der Waals surface area (Å²) in [7, 11) is -3.83. The van der Waals surface area contributed by atoms with Gasteiger partial charge in [-0.3, -0.25) is 4.72 Å². The Morgan fingerprint density at radius 3 is 2.65 bits per heavy atom. The van der Waals surface area contributed by atoms with Crippen LogP contribution in [-0.4, -0.2) is 13.4 Å². The molecule has 4 N–H and O–H groups in total. The molecule has 1 aromatic carbocycles. The minimum atomic E-state index is -3.83. The van der Waals surface area contributed by atoms with Crippen LogP contribution in [0.4, 0.5) is 10.1 Å². The molecule has 0 amide bonds. The van der Waals surface area contributed by atoms with Crippen LogP contribution in [0.15, 0.2) is 33.8 Å². The number of anilines is 1. The SMILES string of the molecule is NCc1cc(S(=O)(=O)Nc2c(Cl)cc(F)cc2Br)c[nH]1. The van der Waals surface area contributed by atoms with Gasteiger partial charge in [0.25, 0.3) is 10.0 Å². The second-order valence-corrected chi connectivity index (χ2v) is 6.86. The zero-order valence-corrected chi connectivity index (χ0v) is 13.1. The van der Waals surface area contributed by atoms with Crippen molar-refractivity contribution in [2.24, 2.45) is 5.73 Å². The lowest BCUT2D eigenvalue weighted by Crippen LogP contribution is -2.13. The van der Waals surface area contributed by atoms with Gasteiger partial charge in [-0.1, -0.05) is 11.6 Å². The Morgan fingerprint density at radius 2 is 2.10 bits per heavy atom. The molecule has 0 radical (unpaired) electrons. The Morgan fingerprint density at radius 1 is 1.40 bits per heavy atom. The largest absolute Gasteiger partial charge is 0.363 e. The third-order valence-electron chi connectivity index (χ3n) is 2.49. The van der Waals surface area contributed by atoms with Crippen LogP contribution in [0.3, 0.4) is 0 Å². The number of hydrogen-bond donors (Lipinski definition) is 3. The molecule has 0 spiro atoms. The second-order valence-electron chi connectivity index (χ2n) is 3.91. The number of sulfonamides is 1. The molecule has 0 aliphatic heterocycles. The first kappa shape index (κ1) is 15.3. The van der Waals surface area contributed by atoms with Gasteiger partial charge in [0.1, 0.15) is 10.7 Å². The highest BCUT2D eigenvalue weighted by Crippen LogP contribution is 2.33. The summed E-state index contributed by atoms with van der Waals surface area (Å²) in [5.74, 6) is -0.572. The molecular weight excluding hydrogens is 373 g/mol. The molecule has 2 rings (SSSR count). The highest BCUT2D eigenvalue weighted by Gasteiger charge is 2.19. The van der Waals surface area contributed by atoms with Crippen molar-refractivity contribution in [1.82, 2.24) is 4.98 Å². The number of aromatic amines is 1. The van der Waals surface area contributed by atoms with E-state index in [1.54, 1.807) is 0 Å². The molecule has 1 aromatic heterocycles. The number of nitrogens with two attached hydrogens (primary N) is 1. The molecule has 20 heavy (non-hydrogen) atoms. The molecular formula is C11H10BrClFN3O2S. The molecule has 0 saturated heterocycles. The van der Waals surface area contributed by atoms with Crippen LogP contribution in [0.1, 0.15) is 5.69 Å². The van der Waals surface area contributed by atoms with Crippen molar-refractivity contribution >= 4 is 43.2 Å². The van der Waals surface area contributed by atoms with Gasteiger partial charge in [0.05, 0.1) is 10.7 Å². The van der Waals surface area contributed by atoms with E-state index in [4.69, 9.17) is 17.3 Å². The molecule has 0 saturated carbocycles. The molecule has 0 unspecified atom stereocenters. The van der Waals surface area contributed by atoms with Crippen molar-refractivity contribution in [1.29, 1.82) is 0 Å². The summed E-state index contributed by atoms with van der Waals surface area (Å²) in [4.78, 5) is 2.76. The van der Waals surface area contributed by atoms with Crippen LogP contribution < -0.4 is 10.5 Å². The van der Waals surface area contributed by atoms with E-state index < -0.39 is 15.8 Å². The maximum atomic E-state index is 13.1. The molecule has 0 aliphatic carbocycles. The van der Waals surface area contributed by atoms with E-state index in [0.29, 0.717) is 5.69 Å². The quantitative estimate of drug-likeness (QED) is 0.760. The normalized spacial score (nSPS) is 11.6. The lowest BCUT2D eigenvalue weighted by atomic mass is 10.3. The fourth-order valence-corrected chi connectivity index (χ4v) is 3.73. The fourth-order valence-electron chi connectivity index (χ4n) is 1.52. The van der Waals surface area contributed by atoms with Gasteiger partial charge in [-0.05, 0) is 34.1 Å². The average Bonchev–Trinajstić information content (AvgIpc) is 2.83. The molecule has 0 atom stereocenters.